The van der Waals surface area contributed by atoms with Crippen LogP contribution in [0.25, 0.3) is 5.69 Å². The minimum Gasteiger partial charge on any atom is -0.368 e. The topological polar surface area (TPSA) is 53.6 Å². The molecule has 2 aromatic rings. The minimum atomic E-state index is -4.76. The van der Waals surface area contributed by atoms with Crippen molar-refractivity contribution in [3.8, 4) is 11.8 Å². The molecule has 0 aliphatic rings. The van der Waals surface area contributed by atoms with E-state index in [9.17, 15) is 31.6 Å². The van der Waals surface area contributed by atoms with Gasteiger partial charge in [0, 0.05) is 6.54 Å². The van der Waals surface area contributed by atoms with Gasteiger partial charge in [0.15, 0.2) is 5.69 Å². The first kappa shape index (κ1) is 25.2. The largest absolute Gasteiger partial charge is 0.446 e. The van der Waals surface area contributed by atoms with Gasteiger partial charge in [0.2, 0.25) is 0 Å². The Bertz CT molecular complexity index is 1020. The first-order valence-corrected chi connectivity index (χ1v) is 9.97. The fraction of sp³-hybridized carbons (Fsp3) is 0.333. The zero-order chi connectivity index (χ0) is 23.7. The molecule has 1 atom stereocenters. The van der Waals surface area contributed by atoms with E-state index in [0.717, 1.165) is 10.3 Å². The summed E-state index contributed by atoms with van der Waals surface area (Å²) in [5.41, 5.74) is -6.07. The van der Waals surface area contributed by atoms with Crippen molar-refractivity contribution in [1.29, 1.82) is 5.26 Å². The van der Waals surface area contributed by atoms with Crippen LogP contribution in [0.2, 0.25) is 10.0 Å². The second-order valence-corrected chi connectivity index (χ2v) is 8.40. The number of nitriles is 1. The fourth-order valence-electron chi connectivity index (χ4n) is 2.36. The summed E-state index contributed by atoms with van der Waals surface area (Å²) in [7, 11) is 0. The first-order valence-electron chi connectivity index (χ1n) is 8.40. The lowest BCUT2D eigenvalue weighted by molar-refractivity contribution is -0.137. The number of nitrogens with one attached hydrogen (secondary N) is 1. The van der Waals surface area contributed by atoms with Crippen molar-refractivity contribution in [2.24, 2.45) is 5.92 Å². The minimum absolute atomic E-state index is 0.104. The van der Waals surface area contributed by atoms with Crippen molar-refractivity contribution in [2.75, 3.05) is 11.9 Å². The van der Waals surface area contributed by atoms with Gasteiger partial charge in [0.05, 0.1) is 20.5 Å². The molecule has 1 aromatic carbocycles. The van der Waals surface area contributed by atoms with E-state index in [0.29, 0.717) is 12.1 Å². The van der Waals surface area contributed by atoms with Gasteiger partial charge < -0.3 is 5.32 Å². The Labute approximate surface area is 187 Å². The number of alkyl halides is 6. The van der Waals surface area contributed by atoms with Gasteiger partial charge in [-0.3, -0.25) is 0 Å². The molecule has 0 spiro atoms. The highest BCUT2D eigenvalue weighted by Gasteiger charge is 2.36. The molecule has 0 saturated carbocycles. The SMILES string of the molecule is C=C(C)C(C)CNc1c(SC(F)(F)F)c(C#N)nn1-c1c(Cl)cc(C(F)(F)F)cc1Cl. The lowest BCUT2D eigenvalue weighted by Gasteiger charge is -2.18. The molecule has 4 nitrogen and oxygen atoms in total. The van der Waals surface area contributed by atoms with Gasteiger partial charge in [0.25, 0.3) is 0 Å². The normalized spacial score (nSPS) is 13.1. The van der Waals surface area contributed by atoms with Crippen LogP contribution in [0.3, 0.4) is 0 Å². The highest BCUT2D eigenvalue weighted by molar-refractivity contribution is 8.00. The van der Waals surface area contributed by atoms with E-state index in [1.54, 1.807) is 19.9 Å². The van der Waals surface area contributed by atoms with E-state index in [1.165, 1.54) is 0 Å². The lowest BCUT2D eigenvalue weighted by Crippen LogP contribution is -2.16. The first-order chi connectivity index (χ1) is 14.2. The Kier molecular flexibility index (Phi) is 7.51. The summed E-state index contributed by atoms with van der Waals surface area (Å²) >= 11 is 11.4. The van der Waals surface area contributed by atoms with Crippen molar-refractivity contribution in [2.45, 2.75) is 30.4 Å². The summed E-state index contributed by atoms with van der Waals surface area (Å²) in [6, 6.07) is 2.71. The van der Waals surface area contributed by atoms with Crippen LogP contribution in [-0.4, -0.2) is 21.8 Å². The van der Waals surface area contributed by atoms with Crippen LogP contribution in [0.1, 0.15) is 25.1 Å². The van der Waals surface area contributed by atoms with Crippen LogP contribution >= 0.6 is 35.0 Å². The van der Waals surface area contributed by atoms with E-state index in [2.05, 4.69) is 17.0 Å². The molecule has 0 aliphatic heterocycles. The standard InChI is InChI=1S/C18H14Cl2F6N4S/c1-8(2)9(3)7-28-16-15(31-18(24,25)26)13(6-27)29-30(16)14-11(19)4-10(5-12(14)20)17(21,22)23/h4-5,9,28H,1,7H2,2-3H3. The van der Waals surface area contributed by atoms with E-state index >= 15 is 0 Å². The third-order valence-electron chi connectivity index (χ3n) is 4.14. The Morgan fingerprint density at radius 1 is 1.26 bits per heavy atom. The highest BCUT2D eigenvalue weighted by Crippen LogP contribution is 2.45. The number of aromatic nitrogens is 2. The summed E-state index contributed by atoms with van der Waals surface area (Å²) in [5, 5.41) is 14.9. The second-order valence-electron chi connectivity index (χ2n) is 6.51. The molecule has 0 amide bonds. The molecular formula is C18H14Cl2F6N4S. The third kappa shape index (κ3) is 6.02. The molecule has 31 heavy (non-hydrogen) atoms. The number of hydrogen-bond acceptors (Lipinski definition) is 4. The lowest BCUT2D eigenvalue weighted by atomic mass is 10.1. The molecule has 168 valence electrons. The molecule has 13 heteroatoms. The molecule has 0 radical (unpaired) electrons. The molecule has 1 unspecified atom stereocenters. The average molecular weight is 503 g/mol. The van der Waals surface area contributed by atoms with Crippen molar-refractivity contribution in [1.82, 2.24) is 9.78 Å². The van der Waals surface area contributed by atoms with E-state index in [-0.39, 0.29) is 24.0 Å². The Morgan fingerprint density at radius 3 is 2.23 bits per heavy atom. The number of rotatable bonds is 6. The zero-order valence-corrected chi connectivity index (χ0v) is 18.2. The number of halogens is 8. The number of thioether (sulfide) groups is 1. The number of anilines is 1. The molecule has 2 rings (SSSR count). The maximum absolute atomic E-state index is 13.1. The van der Waals surface area contributed by atoms with Gasteiger partial charge in [-0.15, -0.1) is 0 Å². The Morgan fingerprint density at radius 2 is 1.81 bits per heavy atom. The number of benzene rings is 1. The predicted molar refractivity (Wildman–Crippen MR) is 108 cm³/mol. The quantitative estimate of drug-likeness (QED) is 0.255. The number of nitrogens with zero attached hydrogens (tertiary/aromatic N) is 3. The van der Waals surface area contributed by atoms with Crippen LogP contribution in [0, 0.1) is 17.2 Å². The summed E-state index contributed by atoms with van der Waals surface area (Å²) in [4.78, 5) is -0.559. The zero-order valence-electron chi connectivity index (χ0n) is 15.9. The van der Waals surface area contributed by atoms with Crippen LogP contribution in [-0.2, 0) is 6.18 Å². The second kappa shape index (κ2) is 9.22. The van der Waals surface area contributed by atoms with E-state index in [1.807, 2.05) is 0 Å². The van der Waals surface area contributed by atoms with Gasteiger partial charge in [-0.1, -0.05) is 42.3 Å². The molecule has 0 bridgehead atoms. The molecule has 0 aliphatic carbocycles. The molecule has 1 heterocycles. The maximum Gasteiger partial charge on any atom is 0.446 e. The molecule has 0 saturated heterocycles. The van der Waals surface area contributed by atoms with Crippen molar-refractivity contribution in [3.05, 3.63) is 45.6 Å². The smallest absolute Gasteiger partial charge is 0.368 e. The predicted octanol–water partition coefficient (Wildman–Crippen LogP) is 7.31. The van der Waals surface area contributed by atoms with Crippen molar-refractivity contribution >= 4 is 40.8 Å². The van der Waals surface area contributed by atoms with E-state index < -0.39 is 49.6 Å². The monoisotopic (exact) mass is 502 g/mol. The number of hydrogen-bond donors (Lipinski definition) is 1. The van der Waals surface area contributed by atoms with Crippen LogP contribution in [0.5, 0.6) is 0 Å². The van der Waals surface area contributed by atoms with Crippen molar-refractivity contribution in [3.63, 3.8) is 0 Å². The molecule has 1 N–H and O–H groups in total. The highest BCUT2D eigenvalue weighted by atomic mass is 35.5. The average Bonchev–Trinajstić information content (AvgIpc) is 2.93. The summed E-state index contributed by atoms with van der Waals surface area (Å²) in [5.74, 6) is -0.466. The Hall–Kier alpha value is -2.03. The molecule has 0 fully saturated rings. The van der Waals surface area contributed by atoms with Gasteiger partial charge >= 0.3 is 11.7 Å². The maximum atomic E-state index is 13.1. The summed E-state index contributed by atoms with van der Waals surface area (Å²) in [6.45, 7) is 7.35. The molecular weight excluding hydrogens is 489 g/mol. The van der Waals surface area contributed by atoms with Crippen LogP contribution in [0.15, 0.2) is 29.2 Å². The van der Waals surface area contributed by atoms with Gasteiger partial charge in [-0.2, -0.15) is 36.7 Å². The fourth-order valence-corrected chi connectivity index (χ4v) is 3.68. The van der Waals surface area contributed by atoms with Gasteiger partial charge in [-0.05, 0) is 36.7 Å². The third-order valence-corrected chi connectivity index (χ3v) is 5.54. The van der Waals surface area contributed by atoms with Gasteiger partial charge in [-0.25, -0.2) is 4.68 Å². The summed E-state index contributed by atoms with van der Waals surface area (Å²) in [6.07, 6.45) is -4.75. The van der Waals surface area contributed by atoms with Crippen LogP contribution < -0.4 is 5.32 Å². The Balaban J connectivity index is 2.72. The van der Waals surface area contributed by atoms with Crippen LogP contribution in [0.4, 0.5) is 32.2 Å². The molecule has 1 aromatic heterocycles. The van der Waals surface area contributed by atoms with Gasteiger partial charge in [0.1, 0.15) is 17.6 Å². The van der Waals surface area contributed by atoms with Crippen molar-refractivity contribution < 1.29 is 26.3 Å². The summed E-state index contributed by atoms with van der Waals surface area (Å²) < 4.78 is 79.2. The van der Waals surface area contributed by atoms with E-state index in [4.69, 9.17) is 23.2 Å².